The summed E-state index contributed by atoms with van der Waals surface area (Å²) in [5.74, 6) is -0.987. The number of thiazole rings is 1. The number of hydrogen-bond acceptors (Lipinski definition) is 4. The largest absolute Gasteiger partial charge is 0.476 e. The molecule has 0 saturated heterocycles. The fourth-order valence-electron chi connectivity index (χ4n) is 1.27. The molecular formula is C10H14N2O2S. The van der Waals surface area contributed by atoms with Crippen LogP contribution >= 0.6 is 11.3 Å². The van der Waals surface area contributed by atoms with Gasteiger partial charge in [-0.15, -0.1) is 11.3 Å². The Kier molecular flexibility index (Phi) is 3.85. The number of carboxylic acids is 1. The number of nitrogens with zero attached hydrogens (tertiary/aromatic N) is 2. The second-order valence-electron chi connectivity index (χ2n) is 2.96. The Morgan fingerprint density at radius 3 is 2.60 bits per heavy atom. The first-order valence-electron chi connectivity index (χ1n) is 4.73. The molecule has 0 saturated carbocycles. The second kappa shape index (κ2) is 4.93. The van der Waals surface area contributed by atoms with Crippen molar-refractivity contribution in [2.45, 2.75) is 13.8 Å². The van der Waals surface area contributed by atoms with E-state index in [0.717, 1.165) is 30.1 Å². The molecule has 5 heteroatoms. The molecule has 0 atom stereocenters. The lowest BCUT2D eigenvalue weighted by atomic mass is 10.3. The predicted octanol–water partition coefficient (Wildman–Crippen LogP) is 2.15. The Bertz CT molecular complexity index is 369. The van der Waals surface area contributed by atoms with E-state index in [1.807, 2.05) is 18.7 Å². The monoisotopic (exact) mass is 226 g/mol. The van der Waals surface area contributed by atoms with Crippen LogP contribution < -0.4 is 0 Å². The lowest BCUT2D eigenvalue weighted by molar-refractivity contribution is 0.0696. The van der Waals surface area contributed by atoms with Gasteiger partial charge in [0.1, 0.15) is 0 Å². The molecular weight excluding hydrogens is 212 g/mol. The van der Waals surface area contributed by atoms with Crippen molar-refractivity contribution in [1.82, 2.24) is 9.88 Å². The van der Waals surface area contributed by atoms with Crippen LogP contribution in [-0.2, 0) is 0 Å². The molecule has 15 heavy (non-hydrogen) atoms. The van der Waals surface area contributed by atoms with E-state index in [4.69, 9.17) is 5.11 Å². The zero-order chi connectivity index (χ0) is 11.4. The summed E-state index contributed by atoms with van der Waals surface area (Å²) in [6.45, 7) is 9.66. The minimum atomic E-state index is -0.987. The third-order valence-corrected chi connectivity index (χ3v) is 2.96. The summed E-state index contributed by atoms with van der Waals surface area (Å²) in [7, 11) is 0. The number of aromatic nitrogens is 1. The van der Waals surface area contributed by atoms with Gasteiger partial charge in [0.15, 0.2) is 0 Å². The predicted molar refractivity (Wildman–Crippen MR) is 61.0 cm³/mol. The van der Waals surface area contributed by atoms with Crippen molar-refractivity contribution in [2.24, 2.45) is 0 Å². The Balaban J connectivity index is 2.86. The highest BCUT2D eigenvalue weighted by Crippen LogP contribution is 2.19. The number of hydrogen-bond donors (Lipinski definition) is 1. The lowest BCUT2D eigenvalue weighted by Gasteiger charge is -2.21. The van der Waals surface area contributed by atoms with Gasteiger partial charge in [-0.3, -0.25) is 0 Å². The van der Waals surface area contributed by atoms with Crippen molar-refractivity contribution < 1.29 is 9.90 Å². The highest BCUT2D eigenvalue weighted by Gasteiger charge is 2.13. The van der Waals surface area contributed by atoms with Crippen molar-refractivity contribution in [3.63, 3.8) is 0 Å². The van der Waals surface area contributed by atoms with Crippen LogP contribution in [0.2, 0.25) is 0 Å². The molecule has 0 bridgehead atoms. The van der Waals surface area contributed by atoms with E-state index >= 15 is 0 Å². The van der Waals surface area contributed by atoms with Crippen LogP contribution in [0.5, 0.6) is 0 Å². The molecule has 82 valence electrons. The summed E-state index contributed by atoms with van der Waals surface area (Å²) in [4.78, 5) is 16.7. The third kappa shape index (κ3) is 2.56. The Morgan fingerprint density at radius 2 is 2.20 bits per heavy atom. The fraction of sp³-hybridized carbons (Fsp3) is 0.400. The molecule has 1 aromatic heterocycles. The molecule has 0 aromatic carbocycles. The zero-order valence-electron chi connectivity index (χ0n) is 8.86. The molecule has 0 fully saturated rings. The maximum absolute atomic E-state index is 10.7. The van der Waals surface area contributed by atoms with Crippen LogP contribution in [-0.4, -0.2) is 34.0 Å². The van der Waals surface area contributed by atoms with Crippen molar-refractivity contribution in [3.05, 3.63) is 22.7 Å². The van der Waals surface area contributed by atoms with Gasteiger partial charge in [0.25, 0.3) is 0 Å². The van der Waals surface area contributed by atoms with Gasteiger partial charge >= 0.3 is 5.97 Å². The van der Waals surface area contributed by atoms with E-state index in [1.165, 1.54) is 0 Å². The van der Waals surface area contributed by atoms with E-state index in [-0.39, 0.29) is 5.01 Å². The molecule has 0 amide bonds. The minimum absolute atomic E-state index is 0.110. The molecule has 0 aliphatic rings. The average Bonchev–Trinajstić information content (AvgIpc) is 2.68. The van der Waals surface area contributed by atoms with E-state index in [1.54, 1.807) is 5.38 Å². The molecule has 1 rings (SSSR count). The van der Waals surface area contributed by atoms with Gasteiger partial charge in [0.05, 0.1) is 11.4 Å². The summed E-state index contributed by atoms with van der Waals surface area (Å²) < 4.78 is 0. The molecule has 1 aromatic rings. The molecule has 1 heterocycles. The van der Waals surface area contributed by atoms with E-state index < -0.39 is 5.97 Å². The number of aromatic carboxylic acids is 1. The van der Waals surface area contributed by atoms with E-state index in [0.29, 0.717) is 5.69 Å². The van der Waals surface area contributed by atoms with Crippen LogP contribution in [0, 0.1) is 0 Å². The first kappa shape index (κ1) is 11.7. The van der Waals surface area contributed by atoms with Crippen LogP contribution in [0.4, 0.5) is 0 Å². The van der Waals surface area contributed by atoms with Gasteiger partial charge in [-0.25, -0.2) is 9.78 Å². The maximum Gasteiger partial charge on any atom is 0.365 e. The molecule has 0 aliphatic heterocycles. The van der Waals surface area contributed by atoms with E-state index in [9.17, 15) is 4.79 Å². The topological polar surface area (TPSA) is 53.4 Å². The quantitative estimate of drug-likeness (QED) is 0.835. The van der Waals surface area contributed by atoms with Gasteiger partial charge in [0, 0.05) is 18.5 Å². The van der Waals surface area contributed by atoms with Crippen molar-refractivity contribution in [1.29, 1.82) is 0 Å². The number of carboxylic acid groups (broad SMARTS) is 1. The SMILES string of the molecule is C=C(c1csc(C(=O)O)n1)N(CC)CC. The standard InChI is InChI=1S/C10H14N2O2S/c1-4-12(5-2)7(3)8-6-15-9(11-8)10(13)14/h6H,3-5H2,1-2H3,(H,13,14). The van der Waals surface area contributed by atoms with Crippen molar-refractivity contribution in [3.8, 4) is 0 Å². The normalized spacial score (nSPS) is 10.0. The second-order valence-corrected chi connectivity index (χ2v) is 3.82. The highest BCUT2D eigenvalue weighted by molar-refractivity contribution is 7.11. The number of carbonyl (C=O) groups is 1. The third-order valence-electron chi connectivity index (χ3n) is 2.13. The van der Waals surface area contributed by atoms with Gasteiger partial charge < -0.3 is 10.0 Å². The summed E-state index contributed by atoms with van der Waals surface area (Å²) in [6, 6.07) is 0. The van der Waals surface area contributed by atoms with Gasteiger partial charge in [0.2, 0.25) is 5.01 Å². The molecule has 0 aliphatic carbocycles. The maximum atomic E-state index is 10.7. The van der Waals surface area contributed by atoms with Crippen LogP contribution in [0.3, 0.4) is 0 Å². The Morgan fingerprint density at radius 1 is 1.60 bits per heavy atom. The van der Waals surface area contributed by atoms with Crippen molar-refractivity contribution in [2.75, 3.05) is 13.1 Å². The van der Waals surface area contributed by atoms with Gasteiger partial charge in [-0.05, 0) is 13.8 Å². The highest BCUT2D eigenvalue weighted by atomic mass is 32.1. The van der Waals surface area contributed by atoms with E-state index in [2.05, 4.69) is 11.6 Å². The summed E-state index contributed by atoms with van der Waals surface area (Å²) in [5, 5.41) is 10.6. The molecule has 0 spiro atoms. The molecule has 0 unspecified atom stereocenters. The number of rotatable bonds is 5. The van der Waals surface area contributed by atoms with Crippen LogP contribution in [0.1, 0.15) is 29.3 Å². The smallest absolute Gasteiger partial charge is 0.365 e. The average molecular weight is 226 g/mol. The molecule has 1 N–H and O–H groups in total. The fourth-order valence-corrected chi connectivity index (χ4v) is 1.94. The Hall–Kier alpha value is -1.36. The molecule has 0 radical (unpaired) electrons. The van der Waals surface area contributed by atoms with Crippen molar-refractivity contribution >= 4 is 23.0 Å². The summed E-state index contributed by atoms with van der Waals surface area (Å²) in [6.07, 6.45) is 0. The zero-order valence-corrected chi connectivity index (χ0v) is 9.67. The van der Waals surface area contributed by atoms with Crippen LogP contribution in [0.15, 0.2) is 12.0 Å². The molecule has 4 nitrogen and oxygen atoms in total. The first-order valence-corrected chi connectivity index (χ1v) is 5.61. The first-order chi connectivity index (χ1) is 7.10. The minimum Gasteiger partial charge on any atom is -0.476 e. The van der Waals surface area contributed by atoms with Crippen LogP contribution in [0.25, 0.3) is 5.70 Å². The lowest BCUT2D eigenvalue weighted by Crippen LogP contribution is -2.20. The summed E-state index contributed by atoms with van der Waals surface area (Å²) in [5.41, 5.74) is 1.44. The van der Waals surface area contributed by atoms with Gasteiger partial charge in [-0.1, -0.05) is 6.58 Å². The summed E-state index contributed by atoms with van der Waals surface area (Å²) >= 11 is 1.13. The van der Waals surface area contributed by atoms with Gasteiger partial charge in [-0.2, -0.15) is 0 Å². The Labute approximate surface area is 92.9 Å².